The molecule has 2 fully saturated rings. The minimum absolute atomic E-state index is 0.0762. The van der Waals surface area contributed by atoms with E-state index in [9.17, 15) is 14.9 Å². The number of carbonyl (C=O) groups excluding carboxylic acids is 1. The van der Waals surface area contributed by atoms with Crippen LogP contribution in [0.3, 0.4) is 0 Å². The molecule has 2 atom stereocenters. The molecule has 1 aromatic rings. The molecule has 2 aliphatic rings. The molecule has 7 nitrogen and oxygen atoms in total. The molecule has 7 heteroatoms. The summed E-state index contributed by atoms with van der Waals surface area (Å²) < 4.78 is 0. The van der Waals surface area contributed by atoms with Gasteiger partial charge in [-0.1, -0.05) is 12.5 Å². The highest BCUT2D eigenvalue weighted by Gasteiger charge is 2.40. The van der Waals surface area contributed by atoms with Crippen LogP contribution >= 0.6 is 0 Å². The smallest absolute Gasteiger partial charge is 0.292 e. The lowest BCUT2D eigenvalue weighted by atomic mass is 9.67. The fourth-order valence-electron chi connectivity index (χ4n) is 4.16. The number of nitrogens with two attached hydrogens (primary N) is 2. The van der Waals surface area contributed by atoms with Crippen molar-refractivity contribution < 1.29 is 9.72 Å². The van der Waals surface area contributed by atoms with Gasteiger partial charge in [0.1, 0.15) is 5.69 Å². The highest BCUT2D eigenvalue weighted by molar-refractivity contribution is 6.01. The molecule has 0 aromatic heterocycles. The molecule has 0 saturated heterocycles. The number of rotatable bonds is 3. The van der Waals surface area contributed by atoms with Crippen LogP contribution in [0, 0.1) is 22.0 Å². The summed E-state index contributed by atoms with van der Waals surface area (Å²) in [6.45, 7) is 0. The maximum atomic E-state index is 12.6. The summed E-state index contributed by atoms with van der Waals surface area (Å²) in [5.41, 5.74) is 11.8. The van der Waals surface area contributed by atoms with Gasteiger partial charge in [-0.3, -0.25) is 14.9 Å². The van der Waals surface area contributed by atoms with Crippen LogP contribution in [-0.4, -0.2) is 22.9 Å². The van der Waals surface area contributed by atoms with Crippen molar-refractivity contribution in [1.29, 1.82) is 0 Å². The molecule has 23 heavy (non-hydrogen) atoms. The molecular weight excluding hydrogens is 296 g/mol. The molecule has 2 saturated carbocycles. The van der Waals surface area contributed by atoms with Gasteiger partial charge in [-0.15, -0.1) is 0 Å². The van der Waals surface area contributed by atoms with Crippen molar-refractivity contribution in [3.05, 3.63) is 33.9 Å². The standard InChI is InChI=1S/C16H22N4O3/c17-11-7-9-3-1-4-10(8-11)15(9)19-16(21)12-5-2-6-13(14(12)18)20(22)23/h2,5-6,9-11,15H,1,3-4,7-8,17-18H2,(H,19,21). The molecule has 2 aliphatic carbocycles. The van der Waals surface area contributed by atoms with Gasteiger partial charge in [-0.2, -0.15) is 0 Å². The van der Waals surface area contributed by atoms with Crippen molar-refractivity contribution in [1.82, 2.24) is 5.32 Å². The van der Waals surface area contributed by atoms with Gasteiger partial charge in [0.25, 0.3) is 11.6 Å². The van der Waals surface area contributed by atoms with Crippen molar-refractivity contribution >= 4 is 17.3 Å². The number of fused-ring (bicyclic) bond motifs is 2. The van der Waals surface area contributed by atoms with E-state index in [-0.39, 0.29) is 34.9 Å². The van der Waals surface area contributed by atoms with Gasteiger partial charge in [0.05, 0.1) is 10.5 Å². The van der Waals surface area contributed by atoms with E-state index in [1.54, 1.807) is 0 Å². The van der Waals surface area contributed by atoms with E-state index in [4.69, 9.17) is 11.5 Å². The topological polar surface area (TPSA) is 124 Å². The number of hydrogen-bond donors (Lipinski definition) is 3. The third-order valence-electron chi connectivity index (χ3n) is 5.20. The zero-order valence-electron chi connectivity index (χ0n) is 12.9. The number of amides is 1. The lowest BCUT2D eigenvalue weighted by Gasteiger charge is -2.45. The first-order valence-corrected chi connectivity index (χ1v) is 8.06. The van der Waals surface area contributed by atoms with Crippen LogP contribution in [0.4, 0.5) is 11.4 Å². The number of nitro benzene ring substituents is 1. The molecule has 1 amide bonds. The van der Waals surface area contributed by atoms with Crippen molar-refractivity contribution in [2.24, 2.45) is 17.6 Å². The molecule has 0 aliphatic heterocycles. The summed E-state index contributed by atoms with van der Waals surface area (Å²) in [6.07, 6.45) is 5.16. The van der Waals surface area contributed by atoms with Gasteiger partial charge in [-0.05, 0) is 43.6 Å². The van der Waals surface area contributed by atoms with E-state index < -0.39 is 4.92 Å². The molecular formula is C16H22N4O3. The van der Waals surface area contributed by atoms with Crippen LogP contribution < -0.4 is 16.8 Å². The van der Waals surface area contributed by atoms with Gasteiger partial charge in [0.15, 0.2) is 0 Å². The summed E-state index contributed by atoms with van der Waals surface area (Å²) in [7, 11) is 0. The van der Waals surface area contributed by atoms with Gasteiger partial charge in [0, 0.05) is 18.2 Å². The lowest BCUT2D eigenvalue weighted by Crippen LogP contribution is -2.53. The largest absolute Gasteiger partial charge is 0.393 e. The fourth-order valence-corrected chi connectivity index (χ4v) is 4.16. The molecule has 0 spiro atoms. The number of nitrogen functional groups attached to an aromatic ring is 1. The Morgan fingerprint density at radius 2 is 1.91 bits per heavy atom. The fraction of sp³-hybridized carbons (Fsp3) is 0.562. The van der Waals surface area contributed by atoms with Crippen LogP contribution in [0.25, 0.3) is 0 Å². The predicted octanol–water partition coefficient (Wildman–Crippen LogP) is 1.81. The van der Waals surface area contributed by atoms with Gasteiger partial charge in [-0.25, -0.2) is 0 Å². The first-order valence-electron chi connectivity index (χ1n) is 8.06. The average molecular weight is 318 g/mol. The minimum Gasteiger partial charge on any atom is -0.393 e. The summed E-state index contributed by atoms with van der Waals surface area (Å²) >= 11 is 0. The number of nitrogens with zero attached hydrogens (tertiary/aromatic N) is 1. The Labute approximate surface area is 134 Å². The zero-order chi connectivity index (χ0) is 16.6. The Morgan fingerprint density at radius 1 is 1.26 bits per heavy atom. The van der Waals surface area contributed by atoms with Crippen LogP contribution in [0.1, 0.15) is 42.5 Å². The third kappa shape index (κ3) is 3.01. The first kappa shape index (κ1) is 15.7. The first-order chi connectivity index (χ1) is 11.0. The second kappa shape index (κ2) is 6.16. The Bertz CT molecular complexity index is 620. The van der Waals surface area contributed by atoms with Crippen molar-refractivity contribution in [3.63, 3.8) is 0 Å². The van der Waals surface area contributed by atoms with Crippen LogP contribution in [0.15, 0.2) is 18.2 Å². The van der Waals surface area contributed by atoms with Crippen molar-refractivity contribution in [3.8, 4) is 0 Å². The quantitative estimate of drug-likeness (QED) is 0.445. The second-order valence-corrected chi connectivity index (χ2v) is 6.68. The number of benzene rings is 1. The summed E-state index contributed by atoms with van der Waals surface area (Å²) in [5, 5.41) is 14.0. The Kier molecular flexibility index (Phi) is 4.21. The number of nitro groups is 1. The molecule has 2 unspecified atom stereocenters. The number of hydrogen-bond acceptors (Lipinski definition) is 5. The van der Waals surface area contributed by atoms with Crippen molar-refractivity contribution in [2.45, 2.75) is 44.2 Å². The number of carbonyl (C=O) groups is 1. The molecule has 1 aromatic carbocycles. The van der Waals surface area contributed by atoms with Crippen LogP contribution in [0.5, 0.6) is 0 Å². The maximum absolute atomic E-state index is 12.6. The highest BCUT2D eigenvalue weighted by Crippen LogP contribution is 2.40. The SMILES string of the molecule is Nc1c(C(=O)NC2C3CCCC2CC(N)C3)cccc1[N+](=O)[O-]. The number of anilines is 1. The Balaban J connectivity index is 1.80. The summed E-state index contributed by atoms with van der Waals surface area (Å²) in [6, 6.07) is 4.62. The maximum Gasteiger partial charge on any atom is 0.292 e. The van der Waals surface area contributed by atoms with E-state index in [1.807, 2.05) is 0 Å². The van der Waals surface area contributed by atoms with Crippen molar-refractivity contribution in [2.75, 3.05) is 5.73 Å². The summed E-state index contributed by atoms with van der Waals surface area (Å²) in [4.78, 5) is 23.0. The van der Waals surface area contributed by atoms with E-state index >= 15 is 0 Å². The van der Waals surface area contributed by atoms with E-state index in [2.05, 4.69) is 5.32 Å². The molecule has 2 bridgehead atoms. The molecule has 5 N–H and O–H groups in total. The Morgan fingerprint density at radius 3 is 2.52 bits per heavy atom. The molecule has 0 heterocycles. The normalized spacial score (nSPS) is 29.8. The lowest BCUT2D eigenvalue weighted by molar-refractivity contribution is -0.383. The molecule has 0 radical (unpaired) electrons. The number of para-hydroxylation sites is 1. The predicted molar refractivity (Wildman–Crippen MR) is 86.8 cm³/mol. The van der Waals surface area contributed by atoms with Gasteiger partial charge < -0.3 is 16.8 Å². The van der Waals surface area contributed by atoms with E-state index in [0.717, 1.165) is 25.7 Å². The van der Waals surface area contributed by atoms with Gasteiger partial charge >= 0.3 is 0 Å². The molecule has 124 valence electrons. The highest BCUT2D eigenvalue weighted by atomic mass is 16.6. The number of nitrogens with one attached hydrogen (secondary N) is 1. The Hall–Kier alpha value is -2.15. The minimum atomic E-state index is -0.569. The summed E-state index contributed by atoms with van der Waals surface area (Å²) in [5.74, 6) is 0.450. The second-order valence-electron chi connectivity index (χ2n) is 6.68. The van der Waals surface area contributed by atoms with Crippen LogP contribution in [-0.2, 0) is 0 Å². The molecule has 3 rings (SSSR count). The van der Waals surface area contributed by atoms with E-state index in [0.29, 0.717) is 11.8 Å². The van der Waals surface area contributed by atoms with Crippen LogP contribution in [0.2, 0.25) is 0 Å². The third-order valence-corrected chi connectivity index (χ3v) is 5.20. The van der Waals surface area contributed by atoms with E-state index in [1.165, 1.54) is 24.6 Å². The van der Waals surface area contributed by atoms with Gasteiger partial charge in [0.2, 0.25) is 0 Å². The monoisotopic (exact) mass is 318 g/mol. The average Bonchev–Trinajstić information content (AvgIpc) is 2.48. The zero-order valence-corrected chi connectivity index (χ0v) is 12.9.